The molecule has 0 bridgehead atoms. The molecule has 1 N–H and O–H groups in total. The van der Waals surface area contributed by atoms with Gasteiger partial charge < -0.3 is 10.0 Å². The highest BCUT2D eigenvalue weighted by Crippen LogP contribution is 1.92. The zero-order chi connectivity index (χ0) is 9.10. The third-order valence-corrected chi connectivity index (χ3v) is 3.54. The van der Waals surface area contributed by atoms with Crippen LogP contribution in [0, 0.1) is 4.81 Å². The van der Waals surface area contributed by atoms with Crippen molar-refractivity contribution in [2.75, 3.05) is 19.3 Å². The number of aliphatic hydroxyl groups is 1. The fourth-order valence-corrected chi connectivity index (χ4v) is 2.66. The van der Waals surface area contributed by atoms with E-state index < -0.39 is 0 Å². The highest BCUT2D eigenvalue weighted by atomic mass is 28.2. The summed E-state index contributed by atoms with van der Waals surface area (Å²) in [4.78, 5) is 3.62. The monoisotopic (exact) mass is 190 g/mol. The summed E-state index contributed by atoms with van der Waals surface area (Å²) in [6.45, 7) is 0.991. The lowest BCUT2D eigenvalue weighted by atomic mass is 10.3. The normalized spacial score (nSPS) is 14.4. The molecular formula is C10H12NOSi. The van der Waals surface area contributed by atoms with E-state index in [1.807, 2.05) is 0 Å². The minimum absolute atomic E-state index is 0.239. The highest BCUT2D eigenvalue weighted by molar-refractivity contribution is 6.27. The van der Waals surface area contributed by atoms with Crippen LogP contribution < -0.4 is 5.22 Å². The van der Waals surface area contributed by atoms with E-state index >= 15 is 0 Å². The van der Waals surface area contributed by atoms with Crippen LogP contribution >= 0.6 is 0 Å². The molecule has 1 aliphatic rings. The van der Waals surface area contributed by atoms with Crippen molar-refractivity contribution in [3.63, 3.8) is 0 Å². The summed E-state index contributed by atoms with van der Waals surface area (Å²) in [7, 11) is 0.846. The lowest BCUT2D eigenvalue weighted by Gasteiger charge is -2.19. The summed E-state index contributed by atoms with van der Waals surface area (Å²) in [6.07, 6.45) is 3.19. The number of hydrogen-bond donors (Lipinski definition) is 1. The molecule has 1 aliphatic heterocycles. The molecule has 0 unspecified atom stereocenters. The van der Waals surface area contributed by atoms with Gasteiger partial charge in [0, 0.05) is 18.9 Å². The van der Waals surface area contributed by atoms with Crippen molar-refractivity contribution < 1.29 is 5.11 Å². The minimum atomic E-state index is 0.239. The first-order valence-corrected chi connectivity index (χ1v) is 5.63. The van der Waals surface area contributed by atoms with Gasteiger partial charge in [0.25, 0.3) is 0 Å². The first-order chi connectivity index (χ1) is 6.40. The summed E-state index contributed by atoms with van der Waals surface area (Å²) in [5.74, 6) is 0. The summed E-state index contributed by atoms with van der Waals surface area (Å²) >= 11 is 0. The molecule has 13 heavy (non-hydrogen) atoms. The highest BCUT2D eigenvalue weighted by Gasteiger charge is 2.00. The molecule has 0 aliphatic carbocycles. The van der Waals surface area contributed by atoms with Crippen LogP contribution in [-0.4, -0.2) is 38.5 Å². The third kappa shape index (κ3) is 1.87. The largest absolute Gasteiger partial charge is 0.395 e. The summed E-state index contributed by atoms with van der Waals surface area (Å²) in [5, 5.41) is 10.1. The summed E-state index contributed by atoms with van der Waals surface area (Å²) in [6, 6.07) is 8.45. The van der Waals surface area contributed by atoms with Crippen molar-refractivity contribution in [2.24, 2.45) is 0 Å². The van der Waals surface area contributed by atoms with Gasteiger partial charge in [0.05, 0.1) is 15.7 Å². The standard InChI is InChI=1S/C10H12NOSi/c12-6-5-11-7-9-3-1-2-4-10(9)13-8-11/h1-4,7,12H,5-6,8H2. The van der Waals surface area contributed by atoms with E-state index in [0.29, 0.717) is 0 Å². The Hall–Kier alpha value is -0.933. The van der Waals surface area contributed by atoms with Crippen molar-refractivity contribution in [3.8, 4) is 0 Å². The van der Waals surface area contributed by atoms with E-state index in [-0.39, 0.29) is 6.61 Å². The van der Waals surface area contributed by atoms with Crippen LogP contribution in [-0.2, 0) is 0 Å². The van der Waals surface area contributed by atoms with Crippen molar-refractivity contribution >= 4 is 15.3 Å². The Bertz CT molecular complexity index is 402. The molecule has 67 valence electrons. The Kier molecular flexibility index (Phi) is 2.56. The van der Waals surface area contributed by atoms with Crippen LogP contribution in [0.25, 0.3) is 6.20 Å². The van der Waals surface area contributed by atoms with E-state index in [1.165, 1.54) is 10.0 Å². The average Bonchev–Trinajstić information content (AvgIpc) is 2.18. The van der Waals surface area contributed by atoms with E-state index in [4.69, 9.17) is 5.11 Å². The van der Waals surface area contributed by atoms with Gasteiger partial charge in [-0.1, -0.05) is 24.3 Å². The lowest BCUT2D eigenvalue weighted by molar-refractivity contribution is 0.258. The van der Waals surface area contributed by atoms with Crippen molar-refractivity contribution in [1.29, 1.82) is 0 Å². The molecular weight excluding hydrogens is 178 g/mol. The van der Waals surface area contributed by atoms with Crippen LogP contribution in [0.4, 0.5) is 0 Å². The number of benzene rings is 1. The van der Waals surface area contributed by atoms with E-state index in [2.05, 4.69) is 35.4 Å². The lowest BCUT2D eigenvalue weighted by Crippen LogP contribution is -2.30. The third-order valence-electron chi connectivity index (χ3n) is 2.14. The zero-order valence-corrected chi connectivity index (χ0v) is 8.40. The second-order valence-corrected chi connectivity index (χ2v) is 4.30. The van der Waals surface area contributed by atoms with Gasteiger partial charge in [-0.25, -0.2) is 0 Å². The van der Waals surface area contributed by atoms with Crippen molar-refractivity contribution in [2.45, 2.75) is 0 Å². The molecule has 0 spiro atoms. The number of aliphatic hydroxyl groups excluding tert-OH is 1. The summed E-state index contributed by atoms with van der Waals surface area (Å²) in [5.41, 5.74) is 0. The van der Waals surface area contributed by atoms with Gasteiger partial charge in [-0.2, -0.15) is 0 Å². The average molecular weight is 190 g/mol. The van der Waals surface area contributed by atoms with E-state index in [1.54, 1.807) is 0 Å². The quantitative estimate of drug-likeness (QED) is 0.644. The molecule has 2 rings (SSSR count). The predicted molar refractivity (Wildman–Crippen MR) is 53.8 cm³/mol. The van der Waals surface area contributed by atoms with Crippen molar-refractivity contribution in [3.05, 3.63) is 34.3 Å². The van der Waals surface area contributed by atoms with Crippen LogP contribution in [0.1, 0.15) is 0 Å². The smallest absolute Gasteiger partial charge is 0.0606 e. The topological polar surface area (TPSA) is 23.5 Å². The molecule has 3 heteroatoms. The molecule has 0 saturated heterocycles. The second-order valence-electron chi connectivity index (χ2n) is 3.09. The number of rotatable bonds is 2. The molecule has 0 fully saturated rings. The van der Waals surface area contributed by atoms with Crippen LogP contribution in [0.2, 0.25) is 0 Å². The predicted octanol–water partition coefficient (Wildman–Crippen LogP) is -0.355. The Morgan fingerprint density at radius 3 is 3.08 bits per heavy atom. The first kappa shape index (κ1) is 8.66. The maximum atomic E-state index is 8.81. The van der Waals surface area contributed by atoms with Crippen LogP contribution in [0.3, 0.4) is 0 Å². The molecule has 1 aromatic carbocycles. The van der Waals surface area contributed by atoms with Crippen molar-refractivity contribution in [1.82, 2.24) is 4.90 Å². The minimum Gasteiger partial charge on any atom is -0.395 e. The Morgan fingerprint density at radius 2 is 2.23 bits per heavy atom. The molecule has 0 atom stereocenters. The number of fused-ring (bicyclic) bond motifs is 1. The Morgan fingerprint density at radius 1 is 1.38 bits per heavy atom. The maximum absolute atomic E-state index is 8.81. The molecule has 1 heterocycles. The maximum Gasteiger partial charge on any atom is 0.0606 e. The van der Waals surface area contributed by atoms with Crippen LogP contribution in [0.5, 0.6) is 0 Å². The van der Waals surface area contributed by atoms with Gasteiger partial charge in [0.1, 0.15) is 0 Å². The fraction of sp³-hybridized carbons (Fsp3) is 0.300. The summed E-state index contributed by atoms with van der Waals surface area (Å²) < 4.78 is 0. The Labute approximate surface area is 79.6 Å². The molecule has 0 aromatic heterocycles. The first-order valence-electron chi connectivity index (χ1n) is 4.43. The van der Waals surface area contributed by atoms with Gasteiger partial charge in [0.2, 0.25) is 0 Å². The number of nitrogens with zero attached hydrogens (tertiary/aromatic N) is 1. The van der Waals surface area contributed by atoms with Gasteiger partial charge in [-0.3, -0.25) is 0 Å². The molecule has 1 radical (unpaired) electrons. The SMILES string of the molecule is OCCN1C=c2ccccc2=[Si]C1. The molecule has 1 aromatic rings. The van der Waals surface area contributed by atoms with E-state index in [0.717, 1.165) is 21.8 Å². The second kappa shape index (κ2) is 3.85. The van der Waals surface area contributed by atoms with Gasteiger partial charge in [-0.15, -0.1) is 0 Å². The van der Waals surface area contributed by atoms with Crippen LogP contribution in [0.15, 0.2) is 24.3 Å². The molecule has 0 saturated carbocycles. The number of β-amino-alcohol motifs (C(OH)–C–C–N with tert-alkyl or cyclic N) is 1. The van der Waals surface area contributed by atoms with Gasteiger partial charge >= 0.3 is 0 Å². The van der Waals surface area contributed by atoms with E-state index in [9.17, 15) is 0 Å². The molecule has 2 nitrogen and oxygen atoms in total. The zero-order valence-electron chi connectivity index (χ0n) is 7.40. The van der Waals surface area contributed by atoms with Gasteiger partial charge in [-0.05, 0) is 10.0 Å². The van der Waals surface area contributed by atoms with Gasteiger partial charge in [0.15, 0.2) is 0 Å². The number of hydrogen-bond acceptors (Lipinski definition) is 2. The Balaban J connectivity index is 2.38. The molecule has 0 amide bonds. The fourth-order valence-electron chi connectivity index (χ4n) is 1.47.